The van der Waals surface area contributed by atoms with Crippen molar-refractivity contribution in [1.29, 1.82) is 0 Å². The maximum Gasteiger partial charge on any atom is 0.261 e. The van der Waals surface area contributed by atoms with Crippen molar-refractivity contribution in [2.24, 2.45) is 5.92 Å². The maximum absolute atomic E-state index is 12.5. The zero-order chi connectivity index (χ0) is 17.2. The van der Waals surface area contributed by atoms with Gasteiger partial charge in [0.15, 0.2) is 0 Å². The number of hydrogen-bond donors (Lipinski definition) is 2. The molecule has 4 nitrogen and oxygen atoms in total. The van der Waals surface area contributed by atoms with Crippen LogP contribution in [-0.4, -0.2) is 17.4 Å². The number of benzene rings is 1. The van der Waals surface area contributed by atoms with Crippen LogP contribution in [0.3, 0.4) is 0 Å². The SMILES string of the molecule is O=C(NCCC1CC=CCC1)c1cc2c(=O)[nH]c3ccccc3c2s1. The normalized spacial score (nSPS) is 17.2. The molecule has 0 radical (unpaired) electrons. The van der Waals surface area contributed by atoms with Crippen LogP contribution in [0.25, 0.3) is 21.0 Å². The zero-order valence-corrected chi connectivity index (χ0v) is 14.7. The number of hydrogen-bond acceptors (Lipinski definition) is 3. The predicted octanol–water partition coefficient (Wildman–Crippen LogP) is 4.22. The molecule has 0 aliphatic heterocycles. The van der Waals surface area contributed by atoms with Crippen molar-refractivity contribution in [3.8, 4) is 0 Å². The van der Waals surface area contributed by atoms with Crippen molar-refractivity contribution >= 4 is 38.2 Å². The molecule has 0 saturated carbocycles. The largest absolute Gasteiger partial charge is 0.351 e. The Bertz CT molecular complexity index is 1020. The van der Waals surface area contributed by atoms with Gasteiger partial charge in [0.2, 0.25) is 0 Å². The van der Waals surface area contributed by atoms with Crippen LogP contribution in [0.4, 0.5) is 0 Å². The Morgan fingerprint density at radius 1 is 1.24 bits per heavy atom. The lowest BCUT2D eigenvalue weighted by molar-refractivity contribution is 0.0955. The summed E-state index contributed by atoms with van der Waals surface area (Å²) in [6.45, 7) is 0.683. The van der Waals surface area contributed by atoms with Gasteiger partial charge in [-0.1, -0.05) is 30.4 Å². The molecule has 1 atom stereocenters. The lowest BCUT2D eigenvalue weighted by Crippen LogP contribution is -2.25. The molecule has 4 rings (SSSR count). The molecule has 2 N–H and O–H groups in total. The summed E-state index contributed by atoms with van der Waals surface area (Å²) in [6, 6.07) is 9.41. The molecule has 2 heterocycles. The summed E-state index contributed by atoms with van der Waals surface area (Å²) in [5.74, 6) is 0.579. The van der Waals surface area contributed by atoms with E-state index in [-0.39, 0.29) is 11.5 Å². The van der Waals surface area contributed by atoms with Gasteiger partial charge in [0.1, 0.15) is 0 Å². The van der Waals surface area contributed by atoms with Gasteiger partial charge in [-0.25, -0.2) is 0 Å². The molecular weight excluding hydrogens is 332 g/mol. The number of carbonyl (C=O) groups excluding carboxylic acids is 1. The molecule has 1 aromatic carbocycles. The van der Waals surface area contributed by atoms with Crippen molar-refractivity contribution in [2.45, 2.75) is 25.7 Å². The summed E-state index contributed by atoms with van der Waals surface area (Å²) in [7, 11) is 0. The Morgan fingerprint density at radius 3 is 2.96 bits per heavy atom. The van der Waals surface area contributed by atoms with Crippen LogP contribution in [0.1, 0.15) is 35.4 Å². The smallest absolute Gasteiger partial charge is 0.261 e. The van der Waals surface area contributed by atoms with Gasteiger partial charge < -0.3 is 10.3 Å². The first kappa shape index (κ1) is 16.1. The topological polar surface area (TPSA) is 62.0 Å². The molecular formula is C20H20N2O2S. The van der Waals surface area contributed by atoms with E-state index in [4.69, 9.17) is 0 Å². The van der Waals surface area contributed by atoms with E-state index in [1.807, 2.05) is 24.3 Å². The van der Waals surface area contributed by atoms with Crippen LogP contribution in [0, 0.1) is 5.92 Å². The molecule has 0 bridgehead atoms. The van der Waals surface area contributed by atoms with E-state index >= 15 is 0 Å². The third kappa shape index (κ3) is 3.24. The molecule has 0 saturated heterocycles. The number of allylic oxidation sites excluding steroid dienone is 2. The fourth-order valence-corrected chi connectivity index (χ4v) is 4.56. The van der Waals surface area contributed by atoms with Gasteiger partial charge in [-0.3, -0.25) is 9.59 Å². The highest BCUT2D eigenvalue weighted by Crippen LogP contribution is 2.29. The van der Waals surface area contributed by atoms with Gasteiger partial charge >= 0.3 is 0 Å². The van der Waals surface area contributed by atoms with E-state index in [1.165, 1.54) is 17.8 Å². The zero-order valence-electron chi connectivity index (χ0n) is 13.9. The minimum Gasteiger partial charge on any atom is -0.351 e. The van der Waals surface area contributed by atoms with Crippen LogP contribution < -0.4 is 10.9 Å². The minimum atomic E-state index is -0.141. The molecule has 1 amide bonds. The molecule has 1 unspecified atom stereocenters. The number of aromatic amines is 1. The first-order valence-electron chi connectivity index (χ1n) is 8.70. The predicted molar refractivity (Wildman–Crippen MR) is 103 cm³/mol. The lowest BCUT2D eigenvalue weighted by atomic mass is 9.91. The van der Waals surface area contributed by atoms with E-state index in [0.29, 0.717) is 22.7 Å². The number of carbonyl (C=O) groups is 1. The monoisotopic (exact) mass is 352 g/mol. The second kappa shape index (κ2) is 6.84. The number of pyridine rings is 1. The average molecular weight is 352 g/mol. The van der Waals surface area contributed by atoms with Crippen molar-refractivity contribution in [3.05, 3.63) is 57.7 Å². The fraction of sp³-hybridized carbons (Fsp3) is 0.300. The van der Waals surface area contributed by atoms with Crippen molar-refractivity contribution in [2.75, 3.05) is 6.54 Å². The number of thiophene rings is 1. The number of fused-ring (bicyclic) bond motifs is 3. The second-order valence-electron chi connectivity index (χ2n) is 6.55. The highest BCUT2D eigenvalue weighted by atomic mass is 32.1. The number of para-hydroxylation sites is 1. The second-order valence-corrected chi connectivity index (χ2v) is 7.60. The summed E-state index contributed by atoms with van der Waals surface area (Å²) in [5.41, 5.74) is 0.664. The Labute approximate surface area is 149 Å². The molecule has 0 spiro atoms. The van der Waals surface area contributed by atoms with Crippen LogP contribution in [0.15, 0.2) is 47.3 Å². The van der Waals surface area contributed by atoms with E-state index in [1.54, 1.807) is 6.07 Å². The van der Waals surface area contributed by atoms with Crippen LogP contribution in [0.5, 0.6) is 0 Å². The van der Waals surface area contributed by atoms with Crippen molar-refractivity contribution < 1.29 is 4.79 Å². The third-order valence-electron chi connectivity index (χ3n) is 4.84. The number of rotatable bonds is 4. The first-order valence-corrected chi connectivity index (χ1v) is 9.52. The van der Waals surface area contributed by atoms with Gasteiger partial charge in [0.05, 0.1) is 10.3 Å². The Hall–Kier alpha value is -2.40. The van der Waals surface area contributed by atoms with E-state index in [0.717, 1.165) is 34.9 Å². The van der Waals surface area contributed by atoms with Crippen LogP contribution >= 0.6 is 11.3 Å². The minimum absolute atomic E-state index is 0.0870. The summed E-state index contributed by atoms with van der Waals surface area (Å²) in [6.07, 6.45) is 8.93. The Kier molecular flexibility index (Phi) is 4.40. The summed E-state index contributed by atoms with van der Waals surface area (Å²) in [4.78, 5) is 28.2. The van der Waals surface area contributed by atoms with E-state index < -0.39 is 0 Å². The first-order chi connectivity index (χ1) is 12.2. The molecule has 128 valence electrons. The van der Waals surface area contributed by atoms with Gasteiger partial charge in [0.25, 0.3) is 11.5 Å². The quantitative estimate of drug-likeness (QED) is 0.691. The van der Waals surface area contributed by atoms with Crippen LogP contribution in [-0.2, 0) is 0 Å². The summed E-state index contributed by atoms with van der Waals surface area (Å²) in [5, 5.41) is 4.58. The molecule has 1 aliphatic carbocycles. The van der Waals surface area contributed by atoms with Crippen molar-refractivity contribution in [1.82, 2.24) is 10.3 Å². The standard InChI is InChI=1S/C20H20N2O2S/c23-19-15-12-17(20(24)21-11-10-13-6-2-1-3-7-13)25-18(15)14-8-4-5-9-16(14)22-19/h1-2,4-5,8-9,12-13H,3,6-7,10-11H2,(H,21,24)(H,22,23). The number of aromatic nitrogens is 1. The van der Waals surface area contributed by atoms with Crippen LogP contribution in [0.2, 0.25) is 0 Å². The number of nitrogens with one attached hydrogen (secondary N) is 2. The van der Waals surface area contributed by atoms with Gasteiger partial charge in [-0.2, -0.15) is 0 Å². The molecule has 3 aromatic rings. The third-order valence-corrected chi connectivity index (χ3v) is 6.00. The number of amides is 1. The summed E-state index contributed by atoms with van der Waals surface area (Å²) < 4.78 is 0.877. The Morgan fingerprint density at radius 2 is 2.12 bits per heavy atom. The highest BCUT2D eigenvalue weighted by Gasteiger charge is 2.15. The lowest BCUT2D eigenvalue weighted by Gasteiger charge is -2.17. The molecule has 1 aliphatic rings. The van der Waals surface area contributed by atoms with Gasteiger partial charge in [-0.15, -0.1) is 11.3 Å². The maximum atomic E-state index is 12.5. The molecule has 5 heteroatoms. The molecule has 0 fully saturated rings. The van der Waals surface area contributed by atoms with Gasteiger partial charge in [0, 0.05) is 22.1 Å². The van der Waals surface area contributed by atoms with Crippen molar-refractivity contribution in [3.63, 3.8) is 0 Å². The van der Waals surface area contributed by atoms with Gasteiger partial charge in [-0.05, 0) is 43.7 Å². The number of H-pyrrole nitrogens is 1. The highest BCUT2D eigenvalue weighted by molar-refractivity contribution is 7.21. The average Bonchev–Trinajstić information content (AvgIpc) is 3.09. The molecule has 25 heavy (non-hydrogen) atoms. The fourth-order valence-electron chi connectivity index (χ4n) is 3.45. The Balaban J connectivity index is 1.53. The van der Waals surface area contributed by atoms with E-state index in [9.17, 15) is 9.59 Å². The molecule has 2 aromatic heterocycles. The summed E-state index contributed by atoms with van der Waals surface area (Å²) >= 11 is 1.39. The van der Waals surface area contributed by atoms with E-state index in [2.05, 4.69) is 22.5 Å².